The van der Waals surface area contributed by atoms with Crippen molar-refractivity contribution in [3.8, 4) is 23.0 Å². The van der Waals surface area contributed by atoms with E-state index in [1.165, 1.54) is 0 Å². The largest absolute Gasteiger partial charge is 0.467 e. The summed E-state index contributed by atoms with van der Waals surface area (Å²) in [5.74, 6) is 2.63. The van der Waals surface area contributed by atoms with E-state index in [2.05, 4.69) is 0 Å². The summed E-state index contributed by atoms with van der Waals surface area (Å²) in [6.45, 7) is 4.57. The Bertz CT molecular complexity index is 1220. The summed E-state index contributed by atoms with van der Waals surface area (Å²) >= 11 is 0. The lowest BCUT2D eigenvalue weighted by Crippen LogP contribution is -2.45. The van der Waals surface area contributed by atoms with E-state index in [0.29, 0.717) is 40.9 Å². The summed E-state index contributed by atoms with van der Waals surface area (Å²) in [4.78, 5) is 30.1. The van der Waals surface area contributed by atoms with E-state index in [9.17, 15) is 9.59 Å². The zero-order valence-corrected chi connectivity index (χ0v) is 19.6. The number of carbonyl (C=O) groups is 2. The van der Waals surface area contributed by atoms with Gasteiger partial charge >= 0.3 is 0 Å². The number of hydrogen-bond acceptors (Lipinski definition) is 7. The van der Waals surface area contributed by atoms with Crippen LogP contribution >= 0.6 is 0 Å². The van der Waals surface area contributed by atoms with Crippen molar-refractivity contribution >= 4 is 11.8 Å². The van der Waals surface area contributed by atoms with Crippen molar-refractivity contribution in [3.05, 3.63) is 71.7 Å². The van der Waals surface area contributed by atoms with Crippen LogP contribution in [0.2, 0.25) is 0 Å². The highest BCUT2D eigenvalue weighted by Gasteiger charge is 2.27. The van der Waals surface area contributed by atoms with Crippen LogP contribution < -0.4 is 18.9 Å². The zero-order chi connectivity index (χ0) is 24.4. The van der Waals surface area contributed by atoms with Crippen molar-refractivity contribution in [2.24, 2.45) is 0 Å². The minimum absolute atomic E-state index is 0.0871. The molecule has 0 N–H and O–H groups in total. The molecule has 2 aromatic carbocycles. The van der Waals surface area contributed by atoms with Crippen LogP contribution in [0.4, 0.5) is 0 Å². The first-order chi connectivity index (χ1) is 17.0. The third-order valence-corrected chi connectivity index (χ3v) is 5.90. The molecule has 3 aromatic rings. The van der Waals surface area contributed by atoms with Gasteiger partial charge in [-0.1, -0.05) is 6.07 Å². The highest BCUT2D eigenvalue weighted by molar-refractivity contribution is 5.97. The lowest BCUT2D eigenvalue weighted by atomic mass is 10.1. The first-order valence-electron chi connectivity index (χ1n) is 11.4. The molecule has 35 heavy (non-hydrogen) atoms. The van der Waals surface area contributed by atoms with Gasteiger partial charge in [-0.05, 0) is 61.9 Å². The van der Waals surface area contributed by atoms with Crippen LogP contribution in [0, 0.1) is 0 Å². The number of hydrogen-bond donors (Lipinski definition) is 0. The molecular formula is C26H26N2O7. The van der Waals surface area contributed by atoms with Crippen molar-refractivity contribution in [1.82, 2.24) is 9.80 Å². The normalized spacial score (nSPS) is 13.2. The summed E-state index contributed by atoms with van der Waals surface area (Å²) in [5.41, 5.74) is 1.32. The molecular weight excluding hydrogens is 452 g/mol. The molecule has 0 aliphatic carbocycles. The Morgan fingerprint density at radius 2 is 1.54 bits per heavy atom. The van der Waals surface area contributed by atoms with E-state index in [1.54, 1.807) is 40.3 Å². The molecule has 0 fully saturated rings. The van der Waals surface area contributed by atoms with Crippen molar-refractivity contribution in [3.63, 3.8) is 0 Å². The highest BCUT2D eigenvalue weighted by atomic mass is 16.7. The Morgan fingerprint density at radius 3 is 2.23 bits per heavy atom. The molecule has 2 aliphatic heterocycles. The number of ether oxygens (including phenoxy) is 4. The fourth-order valence-corrected chi connectivity index (χ4v) is 4.01. The Labute approximate surface area is 202 Å². The molecule has 0 bridgehead atoms. The molecule has 0 atom stereocenters. The lowest BCUT2D eigenvalue weighted by molar-refractivity contribution is -0.133. The SMILES string of the molecule is CC(C)N(CC(=O)N(Cc1ccc2c(c1)OCO2)Cc1ccco1)C(=O)c1ccc2c(c1)OCO2. The second-order valence-electron chi connectivity index (χ2n) is 8.61. The van der Waals surface area contributed by atoms with Gasteiger partial charge in [-0.25, -0.2) is 0 Å². The molecule has 3 heterocycles. The summed E-state index contributed by atoms with van der Waals surface area (Å²) in [7, 11) is 0. The second-order valence-corrected chi connectivity index (χ2v) is 8.61. The minimum atomic E-state index is -0.257. The Balaban J connectivity index is 1.35. The maximum Gasteiger partial charge on any atom is 0.254 e. The quantitative estimate of drug-likeness (QED) is 0.486. The third kappa shape index (κ3) is 4.89. The van der Waals surface area contributed by atoms with Crippen molar-refractivity contribution < 1.29 is 33.0 Å². The summed E-state index contributed by atoms with van der Waals surface area (Å²) in [5, 5.41) is 0. The van der Waals surface area contributed by atoms with E-state index in [4.69, 9.17) is 23.4 Å². The van der Waals surface area contributed by atoms with Crippen LogP contribution in [0.25, 0.3) is 0 Å². The van der Waals surface area contributed by atoms with Gasteiger partial charge in [0.2, 0.25) is 19.5 Å². The first-order valence-corrected chi connectivity index (χ1v) is 11.4. The molecule has 0 radical (unpaired) electrons. The molecule has 182 valence electrons. The predicted octanol–water partition coefficient (Wildman–Crippen LogP) is 3.82. The summed E-state index contributed by atoms with van der Waals surface area (Å²) in [6.07, 6.45) is 1.57. The van der Waals surface area contributed by atoms with Gasteiger partial charge < -0.3 is 33.2 Å². The molecule has 9 heteroatoms. The number of nitrogens with zero attached hydrogens (tertiary/aromatic N) is 2. The summed E-state index contributed by atoms with van der Waals surface area (Å²) < 4.78 is 27.1. The molecule has 9 nitrogen and oxygen atoms in total. The molecule has 0 unspecified atom stereocenters. The average Bonchev–Trinajstić information content (AvgIpc) is 3.62. The van der Waals surface area contributed by atoms with E-state index in [1.807, 2.05) is 38.1 Å². The fraction of sp³-hybridized carbons (Fsp3) is 0.308. The lowest BCUT2D eigenvalue weighted by Gasteiger charge is -2.30. The predicted molar refractivity (Wildman–Crippen MR) is 124 cm³/mol. The smallest absolute Gasteiger partial charge is 0.254 e. The number of carbonyl (C=O) groups excluding carboxylic acids is 2. The topological polar surface area (TPSA) is 90.7 Å². The van der Waals surface area contributed by atoms with Gasteiger partial charge in [-0.2, -0.15) is 0 Å². The van der Waals surface area contributed by atoms with Crippen LogP contribution in [-0.4, -0.2) is 47.8 Å². The maximum absolute atomic E-state index is 13.5. The number of amides is 2. The number of fused-ring (bicyclic) bond motifs is 2. The first kappa shape index (κ1) is 22.6. The van der Waals surface area contributed by atoms with Crippen molar-refractivity contribution in [1.29, 1.82) is 0 Å². The van der Waals surface area contributed by atoms with Gasteiger partial charge in [0, 0.05) is 18.2 Å². The second kappa shape index (κ2) is 9.61. The number of rotatable bonds is 8. The van der Waals surface area contributed by atoms with Crippen LogP contribution in [-0.2, 0) is 17.9 Å². The van der Waals surface area contributed by atoms with Gasteiger partial charge in [-0.15, -0.1) is 0 Å². The van der Waals surface area contributed by atoms with E-state index in [-0.39, 0.29) is 44.5 Å². The van der Waals surface area contributed by atoms with Crippen LogP contribution in [0.15, 0.2) is 59.2 Å². The molecule has 2 aliphatic rings. The standard InChI is InChI=1S/C26H26N2O7/c1-17(2)28(26(30)19-6-8-22-24(11-19)35-16-33-22)14-25(29)27(13-20-4-3-9-31-20)12-18-5-7-21-23(10-18)34-15-32-21/h3-11,17H,12-16H2,1-2H3. The van der Waals surface area contributed by atoms with Crippen LogP contribution in [0.3, 0.4) is 0 Å². The van der Waals surface area contributed by atoms with E-state index >= 15 is 0 Å². The monoisotopic (exact) mass is 478 g/mol. The minimum Gasteiger partial charge on any atom is -0.467 e. The van der Waals surface area contributed by atoms with Crippen LogP contribution in [0.1, 0.15) is 35.5 Å². The molecule has 0 saturated carbocycles. The maximum atomic E-state index is 13.5. The third-order valence-electron chi connectivity index (χ3n) is 5.90. The highest BCUT2D eigenvalue weighted by Crippen LogP contribution is 2.34. The van der Waals surface area contributed by atoms with Crippen molar-refractivity contribution in [2.45, 2.75) is 33.0 Å². The molecule has 0 saturated heterocycles. The van der Waals surface area contributed by atoms with Gasteiger partial charge in [0.1, 0.15) is 12.3 Å². The Hall–Kier alpha value is -4.14. The Morgan fingerprint density at radius 1 is 0.857 bits per heavy atom. The van der Waals surface area contributed by atoms with Gasteiger partial charge in [0.05, 0.1) is 12.8 Å². The van der Waals surface area contributed by atoms with Gasteiger partial charge in [0.15, 0.2) is 23.0 Å². The van der Waals surface area contributed by atoms with E-state index in [0.717, 1.165) is 5.56 Å². The van der Waals surface area contributed by atoms with Gasteiger partial charge in [0.25, 0.3) is 5.91 Å². The average molecular weight is 479 g/mol. The molecule has 1 aromatic heterocycles. The molecule has 0 spiro atoms. The Kier molecular flexibility index (Phi) is 6.22. The zero-order valence-electron chi connectivity index (χ0n) is 19.6. The number of benzene rings is 2. The molecule has 5 rings (SSSR count). The van der Waals surface area contributed by atoms with Crippen molar-refractivity contribution in [2.75, 3.05) is 20.1 Å². The van der Waals surface area contributed by atoms with Gasteiger partial charge in [-0.3, -0.25) is 9.59 Å². The summed E-state index contributed by atoms with van der Waals surface area (Å²) in [6, 6.07) is 14.0. The fourth-order valence-electron chi connectivity index (χ4n) is 4.01. The number of furan rings is 1. The molecule has 2 amide bonds. The van der Waals surface area contributed by atoms with Crippen LogP contribution in [0.5, 0.6) is 23.0 Å². The van der Waals surface area contributed by atoms with E-state index < -0.39 is 0 Å².